The number of benzene rings is 2. The Labute approximate surface area is 157 Å². The van der Waals surface area contributed by atoms with E-state index in [1.165, 1.54) is 58.0 Å². The van der Waals surface area contributed by atoms with Crippen LogP contribution in [-0.2, 0) is 13.1 Å². The lowest BCUT2D eigenvalue weighted by atomic mass is 10.2. The van der Waals surface area contributed by atoms with Crippen molar-refractivity contribution in [3.05, 3.63) is 86.3 Å². The van der Waals surface area contributed by atoms with Crippen molar-refractivity contribution in [3.8, 4) is 5.69 Å². The van der Waals surface area contributed by atoms with Crippen molar-refractivity contribution in [1.29, 1.82) is 0 Å². The molecule has 10 heteroatoms. The van der Waals surface area contributed by atoms with Crippen LogP contribution in [0.3, 0.4) is 0 Å². The van der Waals surface area contributed by atoms with Gasteiger partial charge in [-0.15, -0.1) is 5.10 Å². The van der Waals surface area contributed by atoms with Gasteiger partial charge in [0, 0.05) is 30.8 Å². The zero-order valence-corrected chi connectivity index (χ0v) is 14.5. The summed E-state index contributed by atoms with van der Waals surface area (Å²) in [5, 5.41) is 15.0. The summed E-state index contributed by atoms with van der Waals surface area (Å²) in [5.41, 5.74) is 0.287. The second-order valence-electron chi connectivity index (χ2n) is 6.27. The number of fused-ring (bicyclic) bond motifs is 1. The summed E-state index contributed by atoms with van der Waals surface area (Å²) in [4.78, 5) is 37.0. The third kappa shape index (κ3) is 3.04. The molecule has 28 heavy (non-hydrogen) atoms. The number of hydrogen-bond acceptors (Lipinski definition) is 5. The molecule has 9 nitrogen and oxygen atoms in total. The molecule has 0 fully saturated rings. The summed E-state index contributed by atoms with van der Waals surface area (Å²) in [6, 6.07) is 10.7. The first-order valence-corrected chi connectivity index (χ1v) is 8.42. The molecule has 0 radical (unpaired) electrons. The Morgan fingerprint density at radius 3 is 2.39 bits per heavy atom. The Morgan fingerprint density at radius 1 is 1.07 bits per heavy atom. The topological polar surface area (TPSA) is 103 Å². The third-order valence-electron chi connectivity index (χ3n) is 4.55. The van der Waals surface area contributed by atoms with Crippen LogP contribution in [0.4, 0.5) is 10.1 Å². The van der Waals surface area contributed by atoms with Crippen LogP contribution in [0, 0.1) is 15.9 Å². The van der Waals surface area contributed by atoms with Crippen molar-refractivity contribution in [2.45, 2.75) is 13.1 Å². The minimum absolute atomic E-state index is 0.0863. The van der Waals surface area contributed by atoms with Gasteiger partial charge in [0.2, 0.25) is 0 Å². The van der Waals surface area contributed by atoms with E-state index in [1.807, 2.05) is 0 Å². The summed E-state index contributed by atoms with van der Waals surface area (Å²) < 4.78 is 15.7. The molecule has 1 amide bonds. The average molecular weight is 383 g/mol. The maximum Gasteiger partial charge on any atom is 0.350 e. The van der Waals surface area contributed by atoms with E-state index in [9.17, 15) is 24.1 Å². The first-order valence-electron chi connectivity index (χ1n) is 8.42. The number of nitro groups is 1. The predicted octanol–water partition coefficient (Wildman–Crippen LogP) is 1.74. The number of hydrogen-bond donors (Lipinski definition) is 0. The Kier molecular flexibility index (Phi) is 4.22. The van der Waals surface area contributed by atoms with E-state index in [1.54, 1.807) is 0 Å². The minimum atomic E-state index is -0.524. The summed E-state index contributed by atoms with van der Waals surface area (Å²) in [6.45, 7) is 0.717. The fourth-order valence-electron chi connectivity index (χ4n) is 3.08. The first kappa shape index (κ1) is 17.6. The van der Waals surface area contributed by atoms with Gasteiger partial charge in [0.15, 0.2) is 5.82 Å². The molecule has 0 saturated heterocycles. The van der Waals surface area contributed by atoms with Crippen LogP contribution in [0.25, 0.3) is 5.69 Å². The zero-order chi connectivity index (χ0) is 19.8. The monoisotopic (exact) mass is 383 g/mol. The van der Waals surface area contributed by atoms with E-state index in [4.69, 9.17) is 0 Å². The number of aromatic nitrogens is 3. The number of nitro benzene ring substituents is 1. The van der Waals surface area contributed by atoms with E-state index < -0.39 is 10.7 Å². The van der Waals surface area contributed by atoms with E-state index in [-0.39, 0.29) is 30.4 Å². The lowest BCUT2D eigenvalue weighted by molar-refractivity contribution is -0.384. The molecule has 0 saturated carbocycles. The van der Waals surface area contributed by atoms with E-state index in [0.717, 1.165) is 4.68 Å². The minimum Gasteiger partial charge on any atom is -0.329 e. The van der Waals surface area contributed by atoms with Crippen molar-refractivity contribution >= 4 is 11.6 Å². The maximum atomic E-state index is 13.1. The lowest BCUT2D eigenvalue weighted by Gasteiger charge is -2.26. The predicted molar refractivity (Wildman–Crippen MR) is 95.6 cm³/mol. The highest BCUT2D eigenvalue weighted by Gasteiger charge is 2.26. The highest BCUT2D eigenvalue weighted by Crippen LogP contribution is 2.16. The Bertz CT molecular complexity index is 1120. The van der Waals surface area contributed by atoms with E-state index in [2.05, 4.69) is 5.10 Å². The maximum absolute atomic E-state index is 13.1. The number of halogens is 1. The molecule has 1 aliphatic heterocycles. The molecule has 0 N–H and O–H groups in total. The second-order valence-corrected chi connectivity index (χ2v) is 6.27. The quantitative estimate of drug-likeness (QED) is 0.506. The van der Waals surface area contributed by atoms with Crippen molar-refractivity contribution < 1.29 is 14.1 Å². The van der Waals surface area contributed by atoms with Gasteiger partial charge in [-0.25, -0.2) is 9.18 Å². The van der Waals surface area contributed by atoms with Gasteiger partial charge in [-0.1, -0.05) is 0 Å². The molecular weight excluding hydrogens is 369 g/mol. The molecule has 0 aliphatic carbocycles. The SMILES string of the molecule is O=C(c1ccc(F)cc1)N1CCn2c(nn(-c3ccc([N+](=O)[O-])cc3)c2=O)C1. The molecule has 0 spiro atoms. The van der Waals surface area contributed by atoms with Crippen molar-refractivity contribution in [2.75, 3.05) is 6.54 Å². The molecule has 1 aliphatic rings. The zero-order valence-electron chi connectivity index (χ0n) is 14.5. The van der Waals surface area contributed by atoms with Gasteiger partial charge in [-0.2, -0.15) is 4.68 Å². The van der Waals surface area contributed by atoms with Crippen molar-refractivity contribution in [1.82, 2.24) is 19.2 Å². The molecule has 0 atom stereocenters. The van der Waals surface area contributed by atoms with Crippen LogP contribution in [0.5, 0.6) is 0 Å². The van der Waals surface area contributed by atoms with Crippen LogP contribution in [0.15, 0.2) is 53.3 Å². The summed E-state index contributed by atoms with van der Waals surface area (Å²) >= 11 is 0. The molecular formula is C18H14FN5O4. The number of amides is 1. The van der Waals surface area contributed by atoms with Gasteiger partial charge in [0.25, 0.3) is 11.6 Å². The van der Waals surface area contributed by atoms with Gasteiger partial charge >= 0.3 is 5.69 Å². The molecule has 4 rings (SSSR count). The standard InChI is InChI=1S/C18H14FN5O4/c19-13-3-1-12(2-4-13)17(25)21-9-10-22-16(11-21)20-23(18(22)26)14-5-7-15(8-6-14)24(27)28/h1-8H,9-11H2. The van der Waals surface area contributed by atoms with Gasteiger partial charge in [0.05, 0.1) is 17.2 Å². The average Bonchev–Trinajstić information content (AvgIpc) is 3.04. The summed E-state index contributed by atoms with van der Waals surface area (Å²) in [5.74, 6) is -0.292. The van der Waals surface area contributed by atoms with Crippen LogP contribution >= 0.6 is 0 Å². The Balaban J connectivity index is 1.60. The summed E-state index contributed by atoms with van der Waals surface area (Å²) in [7, 11) is 0. The van der Waals surface area contributed by atoms with Gasteiger partial charge < -0.3 is 4.90 Å². The third-order valence-corrected chi connectivity index (χ3v) is 4.55. The highest BCUT2D eigenvalue weighted by atomic mass is 19.1. The van der Waals surface area contributed by atoms with Crippen LogP contribution in [0.1, 0.15) is 16.2 Å². The number of carbonyl (C=O) groups excluding carboxylic acids is 1. The van der Waals surface area contributed by atoms with E-state index >= 15 is 0 Å². The molecule has 3 aromatic rings. The van der Waals surface area contributed by atoms with Crippen molar-refractivity contribution in [3.63, 3.8) is 0 Å². The molecule has 142 valence electrons. The molecule has 1 aromatic heterocycles. The smallest absolute Gasteiger partial charge is 0.329 e. The van der Waals surface area contributed by atoms with Crippen LogP contribution in [0.2, 0.25) is 0 Å². The second kappa shape index (κ2) is 6.72. The number of nitrogens with zero attached hydrogens (tertiary/aromatic N) is 5. The molecule has 0 bridgehead atoms. The largest absolute Gasteiger partial charge is 0.350 e. The number of carbonyl (C=O) groups is 1. The first-order chi connectivity index (χ1) is 13.4. The Hall–Kier alpha value is -3.82. The van der Waals surface area contributed by atoms with Gasteiger partial charge in [0.1, 0.15) is 5.82 Å². The normalized spacial score (nSPS) is 13.2. The number of rotatable bonds is 3. The van der Waals surface area contributed by atoms with Gasteiger partial charge in [-0.3, -0.25) is 19.5 Å². The molecule has 2 heterocycles. The van der Waals surface area contributed by atoms with Crippen molar-refractivity contribution in [2.24, 2.45) is 0 Å². The Morgan fingerprint density at radius 2 is 1.75 bits per heavy atom. The lowest BCUT2D eigenvalue weighted by Crippen LogP contribution is -2.40. The number of non-ortho nitro benzene ring substituents is 1. The molecule has 2 aromatic carbocycles. The summed E-state index contributed by atoms with van der Waals surface area (Å²) in [6.07, 6.45) is 0. The van der Waals surface area contributed by atoms with Gasteiger partial charge in [-0.05, 0) is 36.4 Å². The van der Waals surface area contributed by atoms with Crippen LogP contribution < -0.4 is 5.69 Å². The van der Waals surface area contributed by atoms with E-state index in [0.29, 0.717) is 23.6 Å². The van der Waals surface area contributed by atoms with Crippen LogP contribution in [-0.4, -0.2) is 36.6 Å². The molecule has 0 unspecified atom stereocenters. The fraction of sp³-hybridized carbons (Fsp3) is 0.167. The highest BCUT2D eigenvalue weighted by molar-refractivity contribution is 5.94. The fourth-order valence-corrected chi connectivity index (χ4v) is 3.08.